The van der Waals surface area contributed by atoms with Crippen molar-refractivity contribution in [3.63, 3.8) is 0 Å². The largest absolute Gasteiger partial charge is 0.329 e. The van der Waals surface area contributed by atoms with Crippen LogP contribution in [0.25, 0.3) is 0 Å². The van der Waals surface area contributed by atoms with Crippen molar-refractivity contribution in [3.8, 4) is 0 Å². The van der Waals surface area contributed by atoms with E-state index >= 15 is 0 Å². The molecule has 0 atom stereocenters. The van der Waals surface area contributed by atoms with Gasteiger partial charge in [-0.1, -0.05) is 32.8 Å². The van der Waals surface area contributed by atoms with Crippen LogP contribution in [0, 0.1) is 11.3 Å². The van der Waals surface area contributed by atoms with Crippen LogP contribution in [0.3, 0.4) is 0 Å². The van der Waals surface area contributed by atoms with Gasteiger partial charge in [-0.3, -0.25) is 9.59 Å². The second-order valence-electron chi connectivity index (χ2n) is 6.37. The Bertz CT molecular complexity index is 549. The zero-order valence-electron chi connectivity index (χ0n) is 13.3. The van der Waals surface area contributed by atoms with Crippen LogP contribution in [0.2, 0.25) is 0 Å². The van der Waals surface area contributed by atoms with Gasteiger partial charge in [0.1, 0.15) is 0 Å². The van der Waals surface area contributed by atoms with Gasteiger partial charge in [-0.2, -0.15) is 0 Å². The molecule has 0 aromatic heterocycles. The van der Waals surface area contributed by atoms with Crippen LogP contribution < -0.4 is 16.4 Å². The molecule has 0 aliphatic heterocycles. The lowest BCUT2D eigenvalue weighted by atomic mass is 9.85. The summed E-state index contributed by atoms with van der Waals surface area (Å²) in [4.78, 5) is 24.3. The van der Waals surface area contributed by atoms with Crippen LogP contribution in [0.1, 0.15) is 39.5 Å². The van der Waals surface area contributed by atoms with E-state index in [9.17, 15) is 9.59 Å². The van der Waals surface area contributed by atoms with Gasteiger partial charge in [-0.25, -0.2) is 0 Å². The molecule has 1 aromatic rings. The molecule has 0 spiro atoms. The Morgan fingerprint density at radius 2 is 1.77 bits per heavy atom. The van der Waals surface area contributed by atoms with Crippen molar-refractivity contribution in [1.82, 2.24) is 0 Å². The molecule has 1 aliphatic carbocycles. The van der Waals surface area contributed by atoms with E-state index in [2.05, 4.69) is 10.6 Å². The van der Waals surface area contributed by atoms with E-state index < -0.39 is 5.41 Å². The highest BCUT2D eigenvalue weighted by Crippen LogP contribution is 2.38. The number of hydrogen-bond acceptors (Lipinski definition) is 3. The lowest BCUT2D eigenvalue weighted by Crippen LogP contribution is -2.40. The van der Waals surface area contributed by atoms with Crippen molar-refractivity contribution >= 4 is 23.2 Å². The zero-order valence-corrected chi connectivity index (χ0v) is 13.3. The summed E-state index contributed by atoms with van der Waals surface area (Å²) in [5.74, 6) is -0.144. The summed E-state index contributed by atoms with van der Waals surface area (Å²) in [5, 5.41) is 5.78. The molecule has 120 valence electrons. The molecule has 1 aliphatic rings. The van der Waals surface area contributed by atoms with Crippen LogP contribution in [-0.4, -0.2) is 18.4 Å². The quantitative estimate of drug-likeness (QED) is 0.782. The van der Waals surface area contributed by atoms with E-state index in [0.29, 0.717) is 17.9 Å². The maximum atomic E-state index is 12.5. The number of nitrogens with one attached hydrogen (secondary N) is 2. The van der Waals surface area contributed by atoms with Gasteiger partial charge in [-0.05, 0) is 31.0 Å². The minimum atomic E-state index is -0.433. The lowest BCUT2D eigenvalue weighted by molar-refractivity contribution is -0.124. The van der Waals surface area contributed by atoms with Crippen LogP contribution in [0.15, 0.2) is 24.3 Å². The van der Waals surface area contributed by atoms with Crippen molar-refractivity contribution in [2.24, 2.45) is 17.1 Å². The molecule has 0 radical (unpaired) electrons. The van der Waals surface area contributed by atoms with Gasteiger partial charge in [0.05, 0.1) is 5.41 Å². The summed E-state index contributed by atoms with van der Waals surface area (Å²) in [7, 11) is 0. The Morgan fingerprint density at radius 1 is 1.18 bits per heavy atom. The van der Waals surface area contributed by atoms with Crippen LogP contribution in [0.4, 0.5) is 11.4 Å². The van der Waals surface area contributed by atoms with Gasteiger partial charge in [0, 0.05) is 23.8 Å². The smallest absolute Gasteiger partial charge is 0.231 e. The fourth-order valence-corrected chi connectivity index (χ4v) is 2.80. The summed E-state index contributed by atoms with van der Waals surface area (Å²) >= 11 is 0. The Balaban J connectivity index is 2.07. The zero-order chi connectivity index (χ0) is 16.2. The molecule has 1 aromatic carbocycles. The maximum Gasteiger partial charge on any atom is 0.231 e. The summed E-state index contributed by atoms with van der Waals surface area (Å²) in [6, 6.07) is 7.22. The first-order valence-electron chi connectivity index (χ1n) is 7.89. The highest BCUT2D eigenvalue weighted by Gasteiger charge is 2.39. The molecular formula is C17H25N3O2. The van der Waals surface area contributed by atoms with Crippen molar-refractivity contribution in [2.75, 3.05) is 17.2 Å². The van der Waals surface area contributed by atoms with E-state index in [1.807, 2.05) is 32.0 Å². The maximum absolute atomic E-state index is 12.5. The molecule has 0 bridgehead atoms. The van der Waals surface area contributed by atoms with E-state index in [4.69, 9.17) is 5.73 Å². The Kier molecular flexibility index (Phi) is 5.19. The van der Waals surface area contributed by atoms with E-state index in [1.165, 1.54) is 0 Å². The molecule has 0 heterocycles. The summed E-state index contributed by atoms with van der Waals surface area (Å²) in [5.41, 5.74) is 6.77. The third-order valence-corrected chi connectivity index (χ3v) is 4.35. The topological polar surface area (TPSA) is 84.2 Å². The van der Waals surface area contributed by atoms with E-state index in [-0.39, 0.29) is 17.7 Å². The number of rotatable bonds is 5. The average Bonchev–Trinajstić information content (AvgIpc) is 2.97. The lowest BCUT2D eigenvalue weighted by Gasteiger charge is -2.25. The van der Waals surface area contributed by atoms with Gasteiger partial charge in [0.2, 0.25) is 11.8 Å². The van der Waals surface area contributed by atoms with Crippen LogP contribution in [-0.2, 0) is 9.59 Å². The van der Waals surface area contributed by atoms with Gasteiger partial charge < -0.3 is 16.4 Å². The van der Waals surface area contributed by atoms with E-state index in [1.54, 1.807) is 6.07 Å². The number of amides is 2. The first-order valence-corrected chi connectivity index (χ1v) is 7.89. The number of carbonyl (C=O) groups excluding carboxylic acids is 2. The molecule has 0 saturated heterocycles. The molecule has 0 unspecified atom stereocenters. The second-order valence-corrected chi connectivity index (χ2v) is 6.37. The monoisotopic (exact) mass is 303 g/mol. The summed E-state index contributed by atoms with van der Waals surface area (Å²) in [6.07, 6.45) is 3.79. The number of benzene rings is 1. The SMILES string of the molecule is CC(C)C(=O)Nc1cccc(NC(=O)C2(CN)CCCC2)c1. The third kappa shape index (κ3) is 3.65. The van der Waals surface area contributed by atoms with Crippen LogP contribution in [0.5, 0.6) is 0 Å². The molecule has 5 nitrogen and oxygen atoms in total. The number of nitrogens with two attached hydrogens (primary N) is 1. The van der Waals surface area contributed by atoms with E-state index in [0.717, 1.165) is 25.7 Å². The summed E-state index contributed by atoms with van der Waals surface area (Å²) < 4.78 is 0. The third-order valence-electron chi connectivity index (χ3n) is 4.35. The van der Waals surface area contributed by atoms with Crippen molar-refractivity contribution in [1.29, 1.82) is 0 Å². The highest BCUT2D eigenvalue weighted by molar-refractivity contribution is 5.97. The normalized spacial score (nSPS) is 16.5. The van der Waals surface area contributed by atoms with Gasteiger partial charge in [0.25, 0.3) is 0 Å². The minimum absolute atomic E-state index is 0.0140. The molecule has 4 N–H and O–H groups in total. The molecule has 2 rings (SSSR count). The minimum Gasteiger partial charge on any atom is -0.329 e. The number of carbonyl (C=O) groups is 2. The Hall–Kier alpha value is -1.88. The molecule has 2 amide bonds. The second kappa shape index (κ2) is 6.92. The first-order chi connectivity index (χ1) is 10.5. The molecule has 1 fully saturated rings. The molecule has 22 heavy (non-hydrogen) atoms. The van der Waals surface area contributed by atoms with Crippen molar-refractivity contribution < 1.29 is 9.59 Å². The Morgan fingerprint density at radius 3 is 2.32 bits per heavy atom. The van der Waals surface area contributed by atoms with Crippen LogP contribution >= 0.6 is 0 Å². The van der Waals surface area contributed by atoms with Crippen molar-refractivity contribution in [2.45, 2.75) is 39.5 Å². The predicted molar refractivity (Wildman–Crippen MR) is 88.5 cm³/mol. The molecule has 5 heteroatoms. The summed E-state index contributed by atoms with van der Waals surface area (Å²) in [6.45, 7) is 4.06. The fraction of sp³-hybridized carbons (Fsp3) is 0.529. The van der Waals surface area contributed by atoms with Crippen molar-refractivity contribution in [3.05, 3.63) is 24.3 Å². The first kappa shape index (κ1) is 16.5. The average molecular weight is 303 g/mol. The predicted octanol–water partition coefficient (Wildman–Crippen LogP) is 2.74. The van der Waals surface area contributed by atoms with Gasteiger partial charge in [-0.15, -0.1) is 0 Å². The standard InChI is InChI=1S/C17H25N3O2/c1-12(2)15(21)19-13-6-5-7-14(10-13)20-16(22)17(11-18)8-3-4-9-17/h5-7,10,12H,3-4,8-9,11,18H2,1-2H3,(H,19,21)(H,20,22). The van der Waals surface area contributed by atoms with Gasteiger partial charge in [0.15, 0.2) is 0 Å². The Labute approximate surface area is 131 Å². The fourth-order valence-electron chi connectivity index (χ4n) is 2.80. The highest BCUT2D eigenvalue weighted by atomic mass is 16.2. The molecule has 1 saturated carbocycles. The van der Waals surface area contributed by atoms with Gasteiger partial charge >= 0.3 is 0 Å². The number of anilines is 2. The molecular weight excluding hydrogens is 278 g/mol. The number of hydrogen-bond donors (Lipinski definition) is 3.